The zero-order valence-corrected chi connectivity index (χ0v) is 7.87. The Labute approximate surface area is 77.9 Å². The van der Waals surface area contributed by atoms with Gasteiger partial charge in [0.25, 0.3) is 0 Å². The number of anilines is 1. The SMILES string of the molecule is Cc1ccccc1NC(=O)[C@@H](C)N. The Balaban J connectivity index is 2.75. The zero-order valence-electron chi connectivity index (χ0n) is 7.87. The van der Waals surface area contributed by atoms with Gasteiger partial charge in [-0.15, -0.1) is 0 Å². The van der Waals surface area contributed by atoms with Crippen molar-refractivity contribution in [2.45, 2.75) is 19.9 Å². The van der Waals surface area contributed by atoms with E-state index in [0.29, 0.717) is 0 Å². The molecule has 3 N–H and O–H groups in total. The number of nitrogens with two attached hydrogens (primary N) is 1. The van der Waals surface area contributed by atoms with Crippen molar-refractivity contribution in [3.63, 3.8) is 0 Å². The maximum Gasteiger partial charge on any atom is 0.241 e. The first-order valence-electron chi connectivity index (χ1n) is 4.23. The maximum atomic E-state index is 11.2. The van der Waals surface area contributed by atoms with Crippen molar-refractivity contribution >= 4 is 11.6 Å². The first-order chi connectivity index (χ1) is 6.11. The van der Waals surface area contributed by atoms with Crippen LogP contribution in [0.5, 0.6) is 0 Å². The Bertz CT molecular complexity index is 308. The van der Waals surface area contributed by atoms with Gasteiger partial charge in [-0.05, 0) is 25.5 Å². The molecule has 0 radical (unpaired) electrons. The molecule has 0 spiro atoms. The van der Waals surface area contributed by atoms with Gasteiger partial charge in [0.1, 0.15) is 0 Å². The molecule has 1 aromatic carbocycles. The van der Waals surface area contributed by atoms with Crippen LogP contribution in [0.2, 0.25) is 0 Å². The van der Waals surface area contributed by atoms with Gasteiger partial charge in [-0.2, -0.15) is 0 Å². The highest BCUT2D eigenvalue weighted by Crippen LogP contribution is 2.12. The maximum absolute atomic E-state index is 11.2. The van der Waals surface area contributed by atoms with Crippen LogP contribution in [0.3, 0.4) is 0 Å². The fourth-order valence-corrected chi connectivity index (χ4v) is 0.960. The smallest absolute Gasteiger partial charge is 0.241 e. The minimum absolute atomic E-state index is 0.158. The number of nitrogens with one attached hydrogen (secondary N) is 1. The van der Waals surface area contributed by atoms with E-state index in [9.17, 15) is 4.79 Å². The molecule has 1 rings (SSSR count). The molecule has 0 saturated heterocycles. The lowest BCUT2D eigenvalue weighted by molar-refractivity contribution is -0.117. The van der Waals surface area contributed by atoms with Gasteiger partial charge in [-0.1, -0.05) is 18.2 Å². The van der Waals surface area contributed by atoms with E-state index < -0.39 is 6.04 Å². The van der Waals surface area contributed by atoms with Gasteiger partial charge < -0.3 is 11.1 Å². The van der Waals surface area contributed by atoms with Gasteiger partial charge in [0.15, 0.2) is 0 Å². The summed E-state index contributed by atoms with van der Waals surface area (Å²) in [6, 6.07) is 7.13. The number of rotatable bonds is 2. The fourth-order valence-electron chi connectivity index (χ4n) is 0.960. The normalized spacial score (nSPS) is 12.2. The molecule has 0 aliphatic heterocycles. The molecular weight excluding hydrogens is 164 g/mol. The third-order valence-electron chi connectivity index (χ3n) is 1.82. The topological polar surface area (TPSA) is 55.1 Å². The number of hydrogen-bond acceptors (Lipinski definition) is 2. The molecule has 0 aliphatic rings. The van der Waals surface area contributed by atoms with Gasteiger partial charge >= 0.3 is 0 Å². The largest absolute Gasteiger partial charge is 0.325 e. The summed E-state index contributed by atoms with van der Waals surface area (Å²) in [7, 11) is 0. The Kier molecular flexibility index (Phi) is 3.03. The summed E-state index contributed by atoms with van der Waals surface area (Å²) < 4.78 is 0. The molecule has 0 bridgehead atoms. The van der Waals surface area contributed by atoms with Crippen LogP contribution in [0.1, 0.15) is 12.5 Å². The van der Waals surface area contributed by atoms with E-state index in [4.69, 9.17) is 5.73 Å². The van der Waals surface area contributed by atoms with Crippen LogP contribution in [0.15, 0.2) is 24.3 Å². The molecule has 1 aromatic rings. The average Bonchev–Trinajstić information content (AvgIpc) is 2.08. The summed E-state index contributed by atoms with van der Waals surface area (Å²) in [6.45, 7) is 3.60. The van der Waals surface area contributed by atoms with Gasteiger partial charge in [-0.3, -0.25) is 4.79 Å². The standard InChI is InChI=1S/C10H14N2O/c1-7-5-3-4-6-9(7)12-10(13)8(2)11/h3-6,8H,11H2,1-2H3,(H,12,13)/t8-/m1/s1. The molecule has 3 nitrogen and oxygen atoms in total. The van der Waals surface area contributed by atoms with Crippen LogP contribution < -0.4 is 11.1 Å². The number of amides is 1. The first kappa shape index (κ1) is 9.74. The summed E-state index contributed by atoms with van der Waals surface area (Å²) >= 11 is 0. The van der Waals surface area contributed by atoms with Gasteiger partial charge in [0, 0.05) is 5.69 Å². The molecule has 0 heterocycles. The molecule has 1 atom stereocenters. The molecule has 0 fully saturated rings. The number of carbonyl (C=O) groups excluding carboxylic acids is 1. The Morgan fingerprint density at radius 3 is 2.62 bits per heavy atom. The molecule has 0 saturated carbocycles. The first-order valence-corrected chi connectivity index (χ1v) is 4.23. The van der Waals surface area contributed by atoms with E-state index in [1.54, 1.807) is 6.92 Å². The summed E-state index contributed by atoms with van der Waals surface area (Å²) in [6.07, 6.45) is 0. The van der Waals surface area contributed by atoms with E-state index >= 15 is 0 Å². The number of benzene rings is 1. The Morgan fingerprint density at radius 1 is 1.46 bits per heavy atom. The number of hydrogen-bond donors (Lipinski definition) is 2. The van der Waals surface area contributed by atoms with Gasteiger partial charge in [-0.25, -0.2) is 0 Å². The lowest BCUT2D eigenvalue weighted by atomic mass is 10.2. The number of aryl methyl sites for hydroxylation is 1. The van der Waals surface area contributed by atoms with E-state index in [1.807, 2.05) is 31.2 Å². The van der Waals surface area contributed by atoms with E-state index in [1.165, 1.54) is 0 Å². The predicted molar refractivity (Wildman–Crippen MR) is 53.5 cm³/mol. The molecule has 0 unspecified atom stereocenters. The average molecular weight is 178 g/mol. The Morgan fingerprint density at radius 2 is 2.08 bits per heavy atom. The predicted octanol–water partition coefficient (Wildman–Crippen LogP) is 1.28. The van der Waals surface area contributed by atoms with Crippen LogP contribution in [-0.2, 0) is 4.79 Å². The molecule has 13 heavy (non-hydrogen) atoms. The van der Waals surface area contributed by atoms with Crippen molar-refractivity contribution in [2.24, 2.45) is 5.73 Å². The molecule has 70 valence electrons. The Hall–Kier alpha value is -1.35. The quantitative estimate of drug-likeness (QED) is 0.716. The summed E-state index contributed by atoms with van der Waals surface area (Å²) in [4.78, 5) is 11.2. The lowest BCUT2D eigenvalue weighted by Gasteiger charge is -2.09. The van der Waals surface area contributed by atoms with E-state index in [2.05, 4.69) is 5.32 Å². The summed E-state index contributed by atoms with van der Waals surface area (Å²) in [5, 5.41) is 2.75. The zero-order chi connectivity index (χ0) is 9.84. The monoisotopic (exact) mass is 178 g/mol. The molecule has 0 aliphatic carbocycles. The summed E-state index contributed by atoms with van der Waals surface area (Å²) in [5.74, 6) is -0.158. The highest BCUT2D eigenvalue weighted by atomic mass is 16.2. The van der Waals surface area contributed by atoms with Crippen molar-refractivity contribution in [3.8, 4) is 0 Å². The third-order valence-corrected chi connectivity index (χ3v) is 1.82. The number of carbonyl (C=O) groups is 1. The van der Waals surface area contributed by atoms with Crippen LogP contribution in [0.25, 0.3) is 0 Å². The second-order valence-corrected chi connectivity index (χ2v) is 3.09. The third kappa shape index (κ3) is 2.56. The van der Waals surface area contributed by atoms with Crippen LogP contribution in [0, 0.1) is 6.92 Å². The number of para-hydroxylation sites is 1. The summed E-state index contributed by atoms with van der Waals surface area (Å²) in [5.41, 5.74) is 7.28. The van der Waals surface area contributed by atoms with Crippen molar-refractivity contribution in [1.82, 2.24) is 0 Å². The van der Waals surface area contributed by atoms with E-state index in [-0.39, 0.29) is 5.91 Å². The fraction of sp³-hybridized carbons (Fsp3) is 0.300. The van der Waals surface area contributed by atoms with Crippen LogP contribution >= 0.6 is 0 Å². The minimum atomic E-state index is -0.473. The van der Waals surface area contributed by atoms with Crippen LogP contribution in [0.4, 0.5) is 5.69 Å². The van der Waals surface area contributed by atoms with Crippen molar-refractivity contribution < 1.29 is 4.79 Å². The van der Waals surface area contributed by atoms with Gasteiger partial charge in [0.05, 0.1) is 6.04 Å². The molecular formula is C10H14N2O. The second kappa shape index (κ2) is 4.05. The van der Waals surface area contributed by atoms with Crippen molar-refractivity contribution in [2.75, 3.05) is 5.32 Å². The molecule has 3 heteroatoms. The lowest BCUT2D eigenvalue weighted by Crippen LogP contribution is -2.32. The van der Waals surface area contributed by atoms with E-state index in [0.717, 1.165) is 11.3 Å². The highest BCUT2D eigenvalue weighted by molar-refractivity contribution is 5.94. The highest BCUT2D eigenvalue weighted by Gasteiger charge is 2.07. The molecule has 0 aromatic heterocycles. The van der Waals surface area contributed by atoms with Crippen molar-refractivity contribution in [1.29, 1.82) is 0 Å². The second-order valence-electron chi connectivity index (χ2n) is 3.09. The minimum Gasteiger partial charge on any atom is -0.325 e. The molecule has 1 amide bonds. The van der Waals surface area contributed by atoms with Crippen molar-refractivity contribution in [3.05, 3.63) is 29.8 Å². The van der Waals surface area contributed by atoms with Crippen LogP contribution in [-0.4, -0.2) is 11.9 Å². The van der Waals surface area contributed by atoms with Gasteiger partial charge in [0.2, 0.25) is 5.91 Å².